The van der Waals surface area contributed by atoms with Gasteiger partial charge in [0.15, 0.2) is 0 Å². The van der Waals surface area contributed by atoms with Crippen LogP contribution in [0.3, 0.4) is 0 Å². The number of nitrogens with one attached hydrogen (secondary N) is 1. The maximum absolute atomic E-state index is 12.5. The summed E-state index contributed by atoms with van der Waals surface area (Å²) >= 11 is 7.42. The van der Waals surface area contributed by atoms with Gasteiger partial charge in [0.1, 0.15) is 0 Å². The van der Waals surface area contributed by atoms with Gasteiger partial charge < -0.3 is 5.32 Å². The molecule has 0 aliphatic carbocycles. The summed E-state index contributed by atoms with van der Waals surface area (Å²) in [6.07, 6.45) is 1.72. The topological polar surface area (TPSA) is 92.5 Å². The van der Waals surface area contributed by atoms with Crippen LogP contribution in [-0.2, 0) is 21.4 Å². The summed E-state index contributed by atoms with van der Waals surface area (Å²) in [5.41, 5.74) is 1.95. The fraction of sp³-hybridized carbons (Fsp3) is 0.278. The van der Waals surface area contributed by atoms with Crippen molar-refractivity contribution >= 4 is 44.6 Å². The Morgan fingerprint density at radius 3 is 2.63 bits per heavy atom. The SMILES string of the molecule is C=CCN(CC(=O)Nc1cc(S(N)(=O)=O)cc(C)c1C)Cc1ccc(Cl)s1. The van der Waals surface area contributed by atoms with Gasteiger partial charge >= 0.3 is 0 Å². The van der Waals surface area contributed by atoms with Crippen LogP contribution in [-0.4, -0.2) is 32.3 Å². The van der Waals surface area contributed by atoms with Crippen LogP contribution < -0.4 is 10.5 Å². The van der Waals surface area contributed by atoms with Crippen LogP contribution in [0.15, 0.2) is 41.8 Å². The third kappa shape index (κ3) is 6.15. The largest absolute Gasteiger partial charge is 0.325 e. The smallest absolute Gasteiger partial charge is 0.238 e. The lowest BCUT2D eigenvalue weighted by Crippen LogP contribution is -2.33. The van der Waals surface area contributed by atoms with E-state index in [0.717, 1.165) is 16.0 Å². The molecule has 0 unspecified atom stereocenters. The average Bonchev–Trinajstić information content (AvgIpc) is 2.95. The zero-order valence-electron chi connectivity index (χ0n) is 15.2. The number of carbonyl (C=O) groups excluding carboxylic acids is 1. The van der Waals surface area contributed by atoms with Crippen LogP contribution in [0.2, 0.25) is 4.34 Å². The van der Waals surface area contributed by atoms with Crippen LogP contribution >= 0.6 is 22.9 Å². The fourth-order valence-corrected chi connectivity index (χ4v) is 4.29. The summed E-state index contributed by atoms with van der Waals surface area (Å²) in [6, 6.07) is 6.61. The first-order chi connectivity index (χ1) is 12.6. The molecule has 1 aromatic carbocycles. The molecule has 2 aromatic rings. The van der Waals surface area contributed by atoms with Crippen molar-refractivity contribution in [2.75, 3.05) is 18.4 Å². The number of aryl methyl sites for hydroxylation is 1. The molecule has 0 saturated carbocycles. The Balaban J connectivity index is 2.15. The van der Waals surface area contributed by atoms with E-state index in [0.29, 0.717) is 23.1 Å². The monoisotopic (exact) mass is 427 g/mol. The van der Waals surface area contributed by atoms with Crippen LogP contribution in [0.25, 0.3) is 0 Å². The molecule has 1 amide bonds. The molecule has 0 saturated heterocycles. The van der Waals surface area contributed by atoms with Crippen molar-refractivity contribution in [3.63, 3.8) is 0 Å². The maximum Gasteiger partial charge on any atom is 0.238 e. The number of halogens is 1. The first kappa shape index (κ1) is 21.6. The molecule has 0 bridgehead atoms. The molecule has 0 aliphatic heterocycles. The van der Waals surface area contributed by atoms with Gasteiger partial charge in [-0.15, -0.1) is 17.9 Å². The van der Waals surface area contributed by atoms with Gasteiger partial charge in [0.25, 0.3) is 0 Å². The summed E-state index contributed by atoms with van der Waals surface area (Å²) in [5.74, 6) is -0.256. The first-order valence-electron chi connectivity index (χ1n) is 8.11. The number of benzene rings is 1. The van der Waals surface area contributed by atoms with Gasteiger partial charge in [0, 0.05) is 23.7 Å². The Hall–Kier alpha value is -1.71. The summed E-state index contributed by atoms with van der Waals surface area (Å²) in [6.45, 7) is 8.52. The molecule has 0 fully saturated rings. The molecule has 3 N–H and O–H groups in total. The molecule has 2 rings (SSSR count). The minimum Gasteiger partial charge on any atom is -0.325 e. The minimum absolute atomic E-state index is 0.0305. The molecule has 9 heteroatoms. The number of anilines is 1. The van der Waals surface area contributed by atoms with E-state index in [-0.39, 0.29) is 17.3 Å². The molecular weight excluding hydrogens is 406 g/mol. The third-order valence-corrected chi connectivity index (χ3v) is 6.11. The first-order valence-corrected chi connectivity index (χ1v) is 10.9. The summed E-state index contributed by atoms with van der Waals surface area (Å²) in [4.78, 5) is 15.4. The standard InChI is InChI=1S/C18H22ClN3O3S2/c1-4-7-22(10-14-5-6-17(19)26-14)11-18(23)21-16-9-15(27(20,24)25)8-12(2)13(16)3/h4-6,8-9H,1,7,10-11H2,2-3H3,(H,21,23)(H2,20,24,25). The number of primary sulfonamides is 1. The van der Waals surface area contributed by atoms with Crippen LogP contribution in [0.4, 0.5) is 5.69 Å². The van der Waals surface area contributed by atoms with Gasteiger partial charge in [0.2, 0.25) is 15.9 Å². The maximum atomic E-state index is 12.5. The molecule has 0 radical (unpaired) electrons. The van der Waals surface area contributed by atoms with E-state index in [9.17, 15) is 13.2 Å². The highest BCUT2D eigenvalue weighted by atomic mass is 35.5. The number of sulfonamides is 1. The van der Waals surface area contributed by atoms with Gasteiger partial charge in [-0.2, -0.15) is 0 Å². The van der Waals surface area contributed by atoms with Gasteiger partial charge in [-0.1, -0.05) is 17.7 Å². The highest BCUT2D eigenvalue weighted by Crippen LogP contribution is 2.24. The summed E-state index contributed by atoms with van der Waals surface area (Å²) in [5, 5.41) is 8.00. The Morgan fingerprint density at radius 1 is 1.37 bits per heavy atom. The van der Waals surface area contributed by atoms with E-state index < -0.39 is 10.0 Å². The molecule has 6 nitrogen and oxygen atoms in total. The molecule has 0 aliphatic rings. The van der Waals surface area contributed by atoms with Gasteiger partial charge in [0.05, 0.1) is 15.8 Å². The second-order valence-electron chi connectivity index (χ2n) is 6.17. The van der Waals surface area contributed by atoms with E-state index >= 15 is 0 Å². The number of nitrogens with two attached hydrogens (primary N) is 1. The van der Waals surface area contributed by atoms with Crippen LogP contribution in [0.5, 0.6) is 0 Å². The minimum atomic E-state index is -3.86. The number of carbonyl (C=O) groups is 1. The molecular formula is C18H22ClN3O3S2. The lowest BCUT2D eigenvalue weighted by Gasteiger charge is -2.20. The van der Waals surface area contributed by atoms with E-state index in [4.69, 9.17) is 16.7 Å². The van der Waals surface area contributed by atoms with Gasteiger partial charge in [-0.05, 0) is 49.2 Å². The molecule has 0 spiro atoms. The third-order valence-electron chi connectivity index (χ3n) is 4.01. The summed E-state index contributed by atoms with van der Waals surface area (Å²) < 4.78 is 24.0. The predicted octanol–water partition coefficient (Wildman–Crippen LogP) is 3.29. The van der Waals surface area contributed by atoms with Crippen molar-refractivity contribution < 1.29 is 13.2 Å². The van der Waals surface area contributed by atoms with Crippen molar-refractivity contribution in [1.82, 2.24) is 4.90 Å². The number of nitrogens with zero attached hydrogens (tertiary/aromatic N) is 1. The molecule has 27 heavy (non-hydrogen) atoms. The number of amides is 1. The van der Waals surface area contributed by atoms with Crippen molar-refractivity contribution in [2.45, 2.75) is 25.3 Å². The number of hydrogen-bond acceptors (Lipinski definition) is 5. The lowest BCUT2D eigenvalue weighted by molar-refractivity contribution is -0.117. The fourth-order valence-electron chi connectivity index (χ4n) is 2.54. The predicted molar refractivity (Wildman–Crippen MR) is 111 cm³/mol. The van der Waals surface area contributed by atoms with Gasteiger partial charge in [-0.25, -0.2) is 13.6 Å². The van der Waals surface area contributed by atoms with Crippen molar-refractivity contribution in [2.24, 2.45) is 5.14 Å². The molecule has 0 atom stereocenters. The van der Waals surface area contributed by atoms with Gasteiger partial charge in [-0.3, -0.25) is 9.69 Å². The second kappa shape index (κ2) is 8.99. The average molecular weight is 428 g/mol. The molecule has 1 aromatic heterocycles. The van der Waals surface area contributed by atoms with E-state index in [1.165, 1.54) is 23.5 Å². The zero-order chi connectivity index (χ0) is 20.2. The Morgan fingerprint density at radius 2 is 2.07 bits per heavy atom. The molecule has 1 heterocycles. The number of thiophene rings is 1. The van der Waals surface area contributed by atoms with Crippen molar-refractivity contribution in [3.05, 3.63) is 57.3 Å². The number of hydrogen-bond donors (Lipinski definition) is 2. The number of rotatable bonds is 8. The van der Waals surface area contributed by atoms with E-state index in [1.54, 1.807) is 13.0 Å². The Kier molecular flexibility index (Phi) is 7.19. The zero-order valence-corrected chi connectivity index (χ0v) is 17.5. The quantitative estimate of drug-likeness (QED) is 0.632. The lowest BCUT2D eigenvalue weighted by atomic mass is 10.1. The Bertz CT molecular complexity index is 955. The van der Waals surface area contributed by atoms with Crippen molar-refractivity contribution in [3.8, 4) is 0 Å². The summed E-state index contributed by atoms with van der Waals surface area (Å²) in [7, 11) is -3.86. The highest BCUT2D eigenvalue weighted by Gasteiger charge is 2.16. The Labute approximate surface area is 168 Å². The van der Waals surface area contributed by atoms with Crippen LogP contribution in [0, 0.1) is 13.8 Å². The van der Waals surface area contributed by atoms with Crippen molar-refractivity contribution in [1.29, 1.82) is 0 Å². The highest BCUT2D eigenvalue weighted by molar-refractivity contribution is 7.89. The second-order valence-corrected chi connectivity index (χ2v) is 9.53. The van der Waals surface area contributed by atoms with Crippen LogP contribution in [0.1, 0.15) is 16.0 Å². The molecule has 146 valence electrons. The van der Waals surface area contributed by atoms with E-state index in [2.05, 4.69) is 11.9 Å². The normalized spacial score (nSPS) is 11.6. The van der Waals surface area contributed by atoms with E-state index in [1.807, 2.05) is 24.0 Å².